The number of rotatable bonds is 8. The second-order valence-corrected chi connectivity index (χ2v) is 6.81. The summed E-state index contributed by atoms with van der Waals surface area (Å²) in [6.45, 7) is 1.28. The summed E-state index contributed by atoms with van der Waals surface area (Å²) in [5.74, 6) is -2.07. The molecular formula is C20H21ClFN3O3. The first kappa shape index (κ1) is 21.4. The van der Waals surface area contributed by atoms with E-state index in [4.69, 9.17) is 17.3 Å². The molecule has 0 aromatic heterocycles. The summed E-state index contributed by atoms with van der Waals surface area (Å²) in [7, 11) is 0. The van der Waals surface area contributed by atoms with Gasteiger partial charge in [0.2, 0.25) is 17.7 Å². The van der Waals surface area contributed by atoms with Crippen LogP contribution in [0.3, 0.4) is 0 Å². The van der Waals surface area contributed by atoms with Gasteiger partial charge >= 0.3 is 0 Å². The van der Waals surface area contributed by atoms with Crippen LogP contribution in [0.2, 0.25) is 5.02 Å². The molecule has 0 aliphatic heterocycles. The molecule has 2 aromatic rings. The zero-order chi connectivity index (χ0) is 20.7. The minimum absolute atomic E-state index is 0.137. The van der Waals surface area contributed by atoms with Crippen molar-refractivity contribution in [3.8, 4) is 0 Å². The molecule has 2 rings (SSSR count). The Morgan fingerprint density at radius 2 is 1.43 bits per heavy atom. The molecular weight excluding hydrogens is 385 g/mol. The van der Waals surface area contributed by atoms with Crippen LogP contribution in [0.1, 0.15) is 18.1 Å². The molecule has 0 saturated carbocycles. The van der Waals surface area contributed by atoms with E-state index in [1.165, 1.54) is 31.2 Å². The number of primary amides is 1. The van der Waals surface area contributed by atoms with E-state index >= 15 is 0 Å². The fourth-order valence-corrected chi connectivity index (χ4v) is 2.79. The predicted octanol–water partition coefficient (Wildman–Crippen LogP) is 1.74. The summed E-state index contributed by atoms with van der Waals surface area (Å²) in [4.78, 5) is 36.0. The third kappa shape index (κ3) is 6.66. The van der Waals surface area contributed by atoms with Gasteiger partial charge in [0.15, 0.2) is 0 Å². The molecule has 0 spiro atoms. The van der Waals surface area contributed by atoms with Crippen molar-refractivity contribution in [1.29, 1.82) is 0 Å². The first-order chi connectivity index (χ1) is 13.2. The summed E-state index contributed by atoms with van der Waals surface area (Å²) >= 11 is 5.85. The molecule has 0 heterocycles. The Morgan fingerprint density at radius 1 is 0.929 bits per heavy atom. The third-order valence-corrected chi connectivity index (χ3v) is 4.31. The van der Waals surface area contributed by atoms with Crippen molar-refractivity contribution in [2.45, 2.75) is 31.8 Å². The Hall–Kier alpha value is -2.93. The van der Waals surface area contributed by atoms with Crippen molar-refractivity contribution in [3.05, 3.63) is 70.5 Å². The Bertz CT molecular complexity index is 841. The number of carbonyl (C=O) groups excluding carboxylic acids is 3. The smallest absolute Gasteiger partial charge is 0.243 e. The van der Waals surface area contributed by atoms with Gasteiger partial charge in [0.05, 0.1) is 0 Å². The molecule has 4 N–H and O–H groups in total. The lowest BCUT2D eigenvalue weighted by Crippen LogP contribution is -2.54. The highest BCUT2D eigenvalue weighted by Crippen LogP contribution is 2.12. The summed E-state index contributed by atoms with van der Waals surface area (Å²) in [5, 5.41) is 5.67. The van der Waals surface area contributed by atoms with Gasteiger partial charge in [-0.05, 0) is 35.4 Å². The molecule has 0 fully saturated rings. The Labute approximate surface area is 167 Å². The van der Waals surface area contributed by atoms with E-state index in [-0.39, 0.29) is 12.8 Å². The zero-order valence-electron chi connectivity index (χ0n) is 15.2. The van der Waals surface area contributed by atoms with Crippen molar-refractivity contribution in [3.63, 3.8) is 0 Å². The number of halogens is 2. The molecule has 6 nitrogen and oxygen atoms in total. The minimum atomic E-state index is -0.960. The second kappa shape index (κ2) is 9.85. The number of carbonyl (C=O) groups is 3. The van der Waals surface area contributed by atoms with Crippen LogP contribution in [-0.2, 0) is 27.2 Å². The van der Waals surface area contributed by atoms with Gasteiger partial charge in [0, 0.05) is 24.8 Å². The Balaban J connectivity index is 2.11. The van der Waals surface area contributed by atoms with E-state index in [1.54, 1.807) is 24.3 Å². The van der Waals surface area contributed by atoms with E-state index in [9.17, 15) is 18.8 Å². The molecule has 28 heavy (non-hydrogen) atoms. The molecule has 0 aliphatic carbocycles. The largest absolute Gasteiger partial charge is 0.368 e. The standard InChI is InChI=1S/C20H21ClFN3O3/c1-12(26)24-18(11-14-4-8-16(22)9-5-14)20(28)25-17(19(23)27)10-13-2-6-15(21)7-3-13/h2-9,17-18H,10-11H2,1H3,(H2,23,27)(H,24,26)(H,25,28)/t17-,18+/m1/s1. The minimum Gasteiger partial charge on any atom is -0.368 e. The lowest BCUT2D eigenvalue weighted by Gasteiger charge is -2.22. The third-order valence-electron chi connectivity index (χ3n) is 4.06. The highest BCUT2D eigenvalue weighted by Gasteiger charge is 2.25. The molecule has 2 aromatic carbocycles. The number of hydrogen-bond acceptors (Lipinski definition) is 3. The zero-order valence-corrected chi connectivity index (χ0v) is 16.0. The van der Waals surface area contributed by atoms with E-state index in [1.807, 2.05) is 0 Å². The lowest BCUT2D eigenvalue weighted by atomic mass is 10.0. The summed E-state index contributed by atoms with van der Waals surface area (Å²) in [5.41, 5.74) is 6.85. The maximum absolute atomic E-state index is 13.1. The van der Waals surface area contributed by atoms with Gasteiger partial charge < -0.3 is 16.4 Å². The molecule has 2 atom stereocenters. The van der Waals surface area contributed by atoms with Crippen molar-refractivity contribution >= 4 is 29.3 Å². The molecule has 0 saturated heterocycles. The number of nitrogens with two attached hydrogens (primary N) is 1. The number of nitrogens with one attached hydrogen (secondary N) is 2. The Kier molecular flexibility index (Phi) is 7.52. The van der Waals surface area contributed by atoms with E-state index in [0.717, 1.165) is 5.56 Å². The van der Waals surface area contributed by atoms with E-state index in [0.29, 0.717) is 10.6 Å². The fraction of sp³-hybridized carbons (Fsp3) is 0.250. The van der Waals surface area contributed by atoms with Crippen LogP contribution in [0.15, 0.2) is 48.5 Å². The quantitative estimate of drug-likeness (QED) is 0.623. The van der Waals surface area contributed by atoms with Crippen LogP contribution in [0.5, 0.6) is 0 Å². The first-order valence-corrected chi connectivity index (χ1v) is 8.98. The van der Waals surface area contributed by atoms with Crippen LogP contribution in [0.4, 0.5) is 4.39 Å². The van der Waals surface area contributed by atoms with Crippen LogP contribution in [0.25, 0.3) is 0 Å². The maximum atomic E-state index is 13.1. The average molecular weight is 406 g/mol. The number of benzene rings is 2. The van der Waals surface area contributed by atoms with Gasteiger partial charge in [-0.2, -0.15) is 0 Å². The second-order valence-electron chi connectivity index (χ2n) is 6.38. The number of hydrogen-bond donors (Lipinski definition) is 3. The molecule has 0 aliphatic rings. The van der Waals surface area contributed by atoms with Crippen molar-refractivity contribution in [2.75, 3.05) is 0 Å². The van der Waals surface area contributed by atoms with Gasteiger partial charge in [-0.15, -0.1) is 0 Å². The van der Waals surface area contributed by atoms with Crippen LogP contribution in [-0.4, -0.2) is 29.8 Å². The summed E-state index contributed by atoms with van der Waals surface area (Å²) < 4.78 is 13.1. The van der Waals surface area contributed by atoms with E-state index < -0.39 is 35.6 Å². The summed E-state index contributed by atoms with van der Waals surface area (Å²) in [6, 6.07) is 10.5. The van der Waals surface area contributed by atoms with Gasteiger partial charge in [-0.3, -0.25) is 14.4 Å². The topological polar surface area (TPSA) is 101 Å². The molecule has 0 radical (unpaired) electrons. The van der Waals surface area contributed by atoms with Gasteiger partial charge in [-0.1, -0.05) is 35.9 Å². The van der Waals surface area contributed by atoms with Gasteiger partial charge in [0.25, 0.3) is 0 Å². The van der Waals surface area contributed by atoms with Crippen molar-refractivity contribution in [2.24, 2.45) is 5.73 Å². The van der Waals surface area contributed by atoms with Crippen LogP contribution < -0.4 is 16.4 Å². The van der Waals surface area contributed by atoms with Gasteiger partial charge in [-0.25, -0.2) is 4.39 Å². The number of amides is 3. The van der Waals surface area contributed by atoms with Gasteiger partial charge in [0.1, 0.15) is 17.9 Å². The van der Waals surface area contributed by atoms with Crippen molar-refractivity contribution < 1.29 is 18.8 Å². The fourth-order valence-electron chi connectivity index (χ4n) is 2.66. The molecule has 0 bridgehead atoms. The summed E-state index contributed by atoms with van der Waals surface area (Å²) in [6.07, 6.45) is 0.319. The molecule has 0 unspecified atom stereocenters. The molecule has 8 heteroatoms. The first-order valence-electron chi connectivity index (χ1n) is 8.60. The highest BCUT2D eigenvalue weighted by molar-refractivity contribution is 6.30. The maximum Gasteiger partial charge on any atom is 0.243 e. The highest BCUT2D eigenvalue weighted by atomic mass is 35.5. The van der Waals surface area contributed by atoms with E-state index in [2.05, 4.69) is 10.6 Å². The molecule has 148 valence electrons. The van der Waals surface area contributed by atoms with Crippen LogP contribution in [0, 0.1) is 5.82 Å². The van der Waals surface area contributed by atoms with Crippen LogP contribution >= 0.6 is 11.6 Å². The SMILES string of the molecule is CC(=O)N[C@@H](Cc1ccc(F)cc1)C(=O)N[C@H](Cc1ccc(Cl)cc1)C(N)=O. The normalized spacial score (nSPS) is 12.7. The monoisotopic (exact) mass is 405 g/mol. The predicted molar refractivity (Wildman–Crippen MR) is 104 cm³/mol. The van der Waals surface area contributed by atoms with Crippen molar-refractivity contribution in [1.82, 2.24) is 10.6 Å². The Morgan fingerprint density at radius 3 is 1.93 bits per heavy atom. The molecule has 3 amide bonds. The lowest BCUT2D eigenvalue weighted by molar-refractivity contribution is -0.130. The average Bonchev–Trinajstić information content (AvgIpc) is 2.63.